The van der Waals surface area contributed by atoms with Crippen LogP contribution >= 0.6 is 11.6 Å². The zero-order valence-corrected chi connectivity index (χ0v) is 10.5. The molecule has 1 aromatic rings. The largest absolute Gasteiger partial charge is 0.324 e. The second-order valence-corrected chi connectivity index (χ2v) is 4.79. The highest BCUT2D eigenvalue weighted by Gasteiger charge is 2.12. The van der Waals surface area contributed by atoms with Crippen LogP contribution in [0.15, 0.2) is 18.2 Å². The van der Waals surface area contributed by atoms with Crippen LogP contribution in [-0.4, -0.2) is 0 Å². The Labute approximate surface area is 97.6 Å². The molecule has 0 aliphatic heterocycles. The van der Waals surface area contributed by atoms with E-state index in [0.29, 0.717) is 5.92 Å². The number of halogens is 1. The molecule has 0 aromatic heterocycles. The van der Waals surface area contributed by atoms with Crippen LogP contribution in [0.2, 0.25) is 5.02 Å². The van der Waals surface area contributed by atoms with Crippen molar-refractivity contribution in [3.8, 4) is 0 Å². The molecular formula is C13H20ClN. The summed E-state index contributed by atoms with van der Waals surface area (Å²) >= 11 is 6.17. The van der Waals surface area contributed by atoms with Gasteiger partial charge in [-0.05, 0) is 36.5 Å². The van der Waals surface area contributed by atoms with E-state index in [4.69, 9.17) is 17.3 Å². The highest BCUT2D eigenvalue weighted by atomic mass is 35.5. The number of hydrogen-bond acceptors (Lipinski definition) is 1. The van der Waals surface area contributed by atoms with E-state index in [9.17, 15) is 0 Å². The summed E-state index contributed by atoms with van der Waals surface area (Å²) in [6.45, 7) is 6.45. The number of aryl methyl sites for hydroxylation is 1. The Morgan fingerprint density at radius 1 is 1.40 bits per heavy atom. The maximum absolute atomic E-state index is 6.17. The van der Waals surface area contributed by atoms with Gasteiger partial charge in [0.1, 0.15) is 0 Å². The fraction of sp³-hybridized carbons (Fsp3) is 0.538. The van der Waals surface area contributed by atoms with Gasteiger partial charge in [-0.3, -0.25) is 0 Å². The number of nitrogens with two attached hydrogens (primary N) is 1. The summed E-state index contributed by atoms with van der Waals surface area (Å²) in [5.74, 6) is 0.650. The predicted octanol–water partition coefficient (Wildman–Crippen LogP) is 4.08. The van der Waals surface area contributed by atoms with Crippen LogP contribution in [0.1, 0.15) is 43.9 Å². The maximum Gasteiger partial charge on any atom is 0.0456 e. The maximum atomic E-state index is 6.17. The Morgan fingerprint density at radius 3 is 2.60 bits per heavy atom. The molecular weight excluding hydrogens is 206 g/mol. The minimum absolute atomic E-state index is 0.0630. The molecule has 0 saturated heterocycles. The normalized spacial score (nSPS) is 15.0. The summed E-state index contributed by atoms with van der Waals surface area (Å²) in [6.07, 6.45) is 2.16. The van der Waals surface area contributed by atoms with E-state index < -0.39 is 0 Å². The van der Waals surface area contributed by atoms with Gasteiger partial charge in [-0.15, -0.1) is 0 Å². The van der Waals surface area contributed by atoms with Crippen LogP contribution in [0.4, 0.5) is 0 Å². The first kappa shape index (κ1) is 12.5. The third-order valence-electron chi connectivity index (χ3n) is 2.91. The molecule has 1 aromatic carbocycles. The van der Waals surface area contributed by atoms with Gasteiger partial charge in [0.15, 0.2) is 0 Å². The SMILES string of the molecule is CCC(C)CC(N)c1ccc(C)cc1Cl. The number of hydrogen-bond donors (Lipinski definition) is 1. The lowest BCUT2D eigenvalue weighted by Gasteiger charge is -2.17. The lowest BCUT2D eigenvalue weighted by molar-refractivity contribution is 0.461. The first-order valence-corrected chi connectivity index (χ1v) is 5.94. The van der Waals surface area contributed by atoms with Gasteiger partial charge in [-0.1, -0.05) is 44.0 Å². The van der Waals surface area contributed by atoms with Crippen molar-refractivity contribution in [1.29, 1.82) is 0 Å². The van der Waals surface area contributed by atoms with E-state index in [0.717, 1.165) is 23.4 Å². The fourth-order valence-electron chi connectivity index (χ4n) is 1.66. The molecule has 1 rings (SSSR count). The first-order chi connectivity index (χ1) is 7.04. The van der Waals surface area contributed by atoms with Crippen LogP contribution < -0.4 is 5.73 Å². The molecule has 84 valence electrons. The summed E-state index contributed by atoms with van der Waals surface area (Å²) in [5, 5.41) is 0.797. The molecule has 0 heterocycles. The molecule has 0 fully saturated rings. The standard InChI is InChI=1S/C13H20ClN/c1-4-9(2)8-13(15)11-6-5-10(3)7-12(11)14/h5-7,9,13H,4,8,15H2,1-3H3. The Bertz CT molecular complexity index is 322. The first-order valence-electron chi connectivity index (χ1n) is 5.56. The predicted molar refractivity (Wildman–Crippen MR) is 67.2 cm³/mol. The number of benzene rings is 1. The molecule has 0 aliphatic carbocycles. The van der Waals surface area contributed by atoms with Gasteiger partial charge in [0.25, 0.3) is 0 Å². The van der Waals surface area contributed by atoms with Crippen LogP contribution in [0.3, 0.4) is 0 Å². The van der Waals surface area contributed by atoms with Gasteiger partial charge in [0.05, 0.1) is 0 Å². The van der Waals surface area contributed by atoms with Crippen LogP contribution in [0.25, 0.3) is 0 Å². The van der Waals surface area contributed by atoms with Crippen molar-refractivity contribution < 1.29 is 0 Å². The van der Waals surface area contributed by atoms with Gasteiger partial charge in [-0.2, -0.15) is 0 Å². The molecule has 0 spiro atoms. The smallest absolute Gasteiger partial charge is 0.0456 e. The van der Waals surface area contributed by atoms with Gasteiger partial charge < -0.3 is 5.73 Å². The van der Waals surface area contributed by atoms with E-state index in [-0.39, 0.29) is 6.04 Å². The van der Waals surface area contributed by atoms with E-state index in [2.05, 4.69) is 19.9 Å². The van der Waals surface area contributed by atoms with Gasteiger partial charge in [0.2, 0.25) is 0 Å². The molecule has 15 heavy (non-hydrogen) atoms. The van der Waals surface area contributed by atoms with Crippen molar-refractivity contribution in [3.05, 3.63) is 34.3 Å². The van der Waals surface area contributed by atoms with Gasteiger partial charge in [-0.25, -0.2) is 0 Å². The van der Waals surface area contributed by atoms with E-state index in [1.165, 1.54) is 5.56 Å². The Kier molecular flexibility index (Phi) is 4.62. The summed E-state index contributed by atoms with van der Waals surface area (Å²) in [6, 6.07) is 6.16. The van der Waals surface area contributed by atoms with Crippen molar-refractivity contribution >= 4 is 11.6 Å². The summed E-state index contributed by atoms with van der Waals surface area (Å²) in [4.78, 5) is 0. The van der Waals surface area contributed by atoms with E-state index in [1.54, 1.807) is 0 Å². The van der Waals surface area contributed by atoms with E-state index >= 15 is 0 Å². The lowest BCUT2D eigenvalue weighted by Crippen LogP contribution is -2.14. The van der Waals surface area contributed by atoms with Gasteiger partial charge >= 0.3 is 0 Å². The minimum atomic E-state index is 0.0630. The molecule has 0 amide bonds. The molecule has 2 N–H and O–H groups in total. The van der Waals surface area contributed by atoms with E-state index in [1.807, 2.05) is 19.1 Å². The quantitative estimate of drug-likeness (QED) is 0.821. The summed E-state index contributed by atoms with van der Waals surface area (Å²) in [5.41, 5.74) is 8.39. The molecule has 0 bridgehead atoms. The van der Waals surface area contributed by atoms with Crippen LogP contribution in [0, 0.1) is 12.8 Å². The van der Waals surface area contributed by atoms with Crippen molar-refractivity contribution in [2.24, 2.45) is 11.7 Å². The zero-order chi connectivity index (χ0) is 11.4. The molecule has 2 heteroatoms. The lowest BCUT2D eigenvalue weighted by atomic mass is 9.94. The topological polar surface area (TPSA) is 26.0 Å². The highest BCUT2D eigenvalue weighted by molar-refractivity contribution is 6.31. The average Bonchev–Trinajstić information content (AvgIpc) is 2.17. The fourth-order valence-corrected chi connectivity index (χ4v) is 2.04. The Hall–Kier alpha value is -0.530. The number of rotatable bonds is 4. The second-order valence-electron chi connectivity index (χ2n) is 4.38. The minimum Gasteiger partial charge on any atom is -0.324 e. The van der Waals surface area contributed by atoms with Gasteiger partial charge in [0, 0.05) is 11.1 Å². The molecule has 0 saturated carbocycles. The van der Waals surface area contributed by atoms with Crippen LogP contribution in [0.5, 0.6) is 0 Å². The Balaban J connectivity index is 2.77. The van der Waals surface area contributed by atoms with Crippen molar-refractivity contribution in [3.63, 3.8) is 0 Å². The Morgan fingerprint density at radius 2 is 2.07 bits per heavy atom. The molecule has 0 radical (unpaired) electrons. The summed E-state index contributed by atoms with van der Waals surface area (Å²) < 4.78 is 0. The zero-order valence-electron chi connectivity index (χ0n) is 9.76. The second kappa shape index (κ2) is 5.53. The third kappa shape index (κ3) is 3.51. The molecule has 1 nitrogen and oxygen atoms in total. The van der Waals surface area contributed by atoms with Crippen molar-refractivity contribution in [2.75, 3.05) is 0 Å². The third-order valence-corrected chi connectivity index (χ3v) is 3.24. The van der Waals surface area contributed by atoms with Crippen LogP contribution in [-0.2, 0) is 0 Å². The van der Waals surface area contributed by atoms with Crippen molar-refractivity contribution in [1.82, 2.24) is 0 Å². The molecule has 0 aliphatic rings. The summed E-state index contributed by atoms with van der Waals surface area (Å²) in [7, 11) is 0. The highest BCUT2D eigenvalue weighted by Crippen LogP contribution is 2.27. The average molecular weight is 226 g/mol. The molecule has 2 atom stereocenters. The van der Waals surface area contributed by atoms with Crippen molar-refractivity contribution in [2.45, 2.75) is 39.7 Å². The molecule has 2 unspecified atom stereocenters. The monoisotopic (exact) mass is 225 g/mol.